The Kier molecular flexibility index (Phi) is 3.42. The van der Waals surface area contributed by atoms with Crippen molar-refractivity contribution in [2.45, 2.75) is 0 Å². The fourth-order valence-corrected chi connectivity index (χ4v) is 1.55. The van der Waals surface area contributed by atoms with E-state index in [2.05, 4.69) is 5.32 Å². The molecule has 102 valence electrons. The highest BCUT2D eigenvalue weighted by molar-refractivity contribution is 5.68. The van der Waals surface area contributed by atoms with Crippen LogP contribution in [0.5, 0.6) is 0 Å². The molecule has 0 radical (unpaired) electrons. The Balaban J connectivity index is 2.31. The first-order chi connectivity index (χ1) is 9.47. The van der Waals surface area contributed by atoms with E-state index in [0.717, 1.165) is 18.5 Å². The quantitative estimate of drug-likeness (QED) is 0.393. The van der Waals surface area contributed by atoms with Crippen LogP contribution >= 0.6 is 0 Å². The Morgan fingerprint density at radius 1 is 1.00 bits per heavy atom. The molecule has 0 amide bonds. The van der Waals surface area contributed by atoms with Gasteiger partial charge < -0.3 is 10.5 Å². The Labute approximate surface area is 112 Å². The van der Waals surface area contributed by atoms with Gasteiger partial charge in [-0.25, -0.2) is 0 Å². The molecular formula is C11H8N4O5. The van der Waals surface area contributed by atoms with Gasteiger partial charge in [0.2, 0.25) is 6.20 Å². The molecule has 0 spiro atoms. The lowest BCUT2D eigenvalue weighted by Gasteiger charge is -2.06. The van der Waals surface area contributed by atoms with Crippen LogP contribution in [0.4, 0.5) is 22.7 Å². The molecular weight excluding hydrogens is 268 g/mol. The average Bonchev–Trinajstić information content (AvgIpc) is 2.39. The van der Waals surface area contributed by atoms with Crippen LogP contribution in [0, 0.1) is 25.4 Å². The minimum Gasteiger partial charge on any atom is -0.619 e. The van der Waals surface area contributed by atoms with Crippen LogP contribution < -0.4 is 10.0 Å². The van der Waals surface area contributed by atoms with Crippen molar-refractivity contribution in [3.63, 3.8) is 0 Å². The van der Waals surface area contributed by atoms with Gasteiger partial charge in [-0.1, -0.05) is 0 Å². The van der Waals surface area contributed by atoms with Gasteiger partial charge in [0.15, 0.2) is 11.9 Å². The molecule has 2 aromatic rings. The van der Waals surface area contributed by atoms with Crippen molar-refractivity contribution >= 4 is 22.7 Å². The first-order valence-corrected chi connectivity index (χ1v) is 5.36. The first-order valence-electron chi connectivity index (χ1n) is 5.36. The molecule has 0 bridgehead atoms. The number of aromatic nitrogens is 1. The number of benzene rings is 1. The molecule has 0 saturated heterocycles. The van der Waals surface area contributed by atoms with Crippen LogP contribution in [0.2, 0.25) is 0 Å². The molecule has 9 heteroatoms. The summed E-state index contributed by atoms with van der Waals surface area (Å²) < 4.78 is 0.417. The summed E-state index contributed by atoms with van der Waals surface area (Å²) in [4.78, 5) is 20.2. The Hall–Kier alpha value is -3.23. The van der Waals surface area contributed by atoms with E-state index in [-0.39, 0.29) is 17.1 Å². The molecule has 1 aromatic carbocycles. The van der Waals surface area contributed by atoms with Gasteiger partial charge in [0.1, 0.15) is 0 Å². The van der Waals surface area contributed by atoms with Gasteiger partial charge in [-0.3, -0.25) is 20.2 Å². The number of non-ortho nitro benzene ring substituents is 1. The predicted molar refractivity (Wildman–Crippen MR) is 68.4 cm³/mol. The smallest absolute Gasteiger partial charge is 0.304 e. The molecule has 1 heterocycles. The van der Waals surface area contributed by atoms with E-state index in [0.29, 0.717) is 10.4 Å². The number of nitro groups is 2. The van der Waals surface area contributed by atoms with E-state index < -0.39 is 9.85 Å². The highest BCUT2D eigenvalue weighted by atomic mass is 16.6. The van der Waals surface area contributed by atoms with Gasteiger partial charge in [-0.15, -0.1) is 0 Å². The second-order valence-electron chi connectivity index (χ2n) is 3.79. The summed E-state index contributed by atoms with van der Waals surface area (Å²) >= 11 is 0. The van der Waals surface area contributed by atoms with Gasteiger partial charge in [0, 0.05) is 17.8 Å². The zero-order valence-corrected chi connectivity index (χ0v) is 9.92. The third-order valence-corrected chi connectivity index (χ3v) is 2.47. The maximum absolute atomic E-state index is 11.2. The molecule has 0 aliphatic rings. The van der Waals surface area contributed by atoms with Gasteiger partial charge >= 0.3 is 5.69 Å². The van der Waals surface area contributed by atoms with Gasteiger partial charge in [0.25, 0.3) is 5.69 Å². The molecule has 0 saturated carbocycles. The van der Waals surface area contributed by atoms with E-state index in [4.69, 9.17) is 0 Å². The Morgan fingerprint density at radius 2 is 1.65 bits per heavy atom. The second-order valence-corrected chi connectivity index (χ2v) is 3.79. The van der Waals surface area contributed by atoms with Gasteiger partial charge in [-0.2, -0.15) is 4.73 Å². The van der Waals surface area contributed by atoms with E-state index in [9.17, 15) is 25.4 Å². The maximum Gasteiger partial charge on any atom is 0.304 e. The van der Waals surface area contributed by atoms with Crippen molar-refractivity contribution in [1.29, 1.82) is 0 Å². The maximum atomic E-state index is 11.2. The predicted octanol–water partition coefficient (Wildman–Crippen LogP) is 1.88. The summed E-state index contributed by atoms with van der Waals surface area (Å²) in [6, 6.07) is 6.36. The van der Waals surface area contributed by atoms with Crippen molar-refractivity contribution in [3.8, 4) is 0 Å². The molecule has 0 aliphatic carbocycles. The molecule has 9 nitrogen and oxygen atoms in total. The number of nitrogens with one attached hydrogen (secondary N) is 1. The standard InChI is InChI=1S/C11H8N4O5/c16-13-6-5-11(15(19)20)10(7-13)12-8-1-3-9(4-2-8)14(17)18/h1-7,12H. The van der Waals surface area contributed by atoms with Crippen LogP contribution in [0.3, 0.4) is 0 Å². The lowest BCUT2D eigenvalue weighted by Crippen LogP contribution is -2.25. The molecule has 20 heavy (non-hydrogen) atoms. The molecule has 1 N–H and O–H groups in total. The van der Waals surface area contributed by atoms with E-state index in [1.54, 1.807) is 0 Å². The lowest BCUT2D eigenvalue weighted by molar-refractivity contribution is -0.605. The summed E-state index contributed by atoms with van der Waals surface area (Å²) in [6.07, 6.45) is 2.03. The highest BCUT2D eigenvalue weighted by Crippen LogP contribution is 2.26. The summed E-state index contributed by atoms with van der Waals surface area (Å²) in [5.41, 5.74) is 0.0266. The number of hydrogen-bond donors (Lipinski definition) is 1. The normalized spacial score (nSPS) is 10.0. The topological polar surface area (TPSA) is 125 Å². The minimum absolute atomic E-state index is 0.00125. The molecule has 0 unspecified atom stereocenters. The number of nitrogens with zero attached hydrogens (tertiary/aromatic N) is 3. The van der Waals surface area contributed by atoms with Crippen molar-refractivity contribution in [3.05, 3.63) is 68.2 Å². The minimum atomic E-state index is -0.631. The van der Waals surface area contributed by atoms with Crippen LogP contribution in [0.15, 0.2) is 42.7 Å². The number of hydrogen-bond acceptors (Lipinski definition) is 6. The first kappa shape index (κ1) is 13.2. The van der Waals surface area contributed by atoms with Crippen molar-refractivity contribution in [2.75, 3.05) is 5.32 Å². The third-order valence-electron chi connectivity index (χ3n) is 2.47. The molecule has 1 aromatic heterocycles. The monoisotopic (exact) mass is 276 g/mol. The van der Waals surface area contributed by atoms with Gasteiger partial charge in [0.05, 0.1) is 15.9 Å². The molecule has 0 aliphatic heterocycles. The second kappa shape index (κ2) is 5.18. The molecule has 2 rings (SSSR count). The number of rotatable bonds is 4. The number of anilines is 2. The highest BCUT2D eigenvalue weighted by Gasteiger charge is 2.17. The Bertz CT molecular complexity index is 671. The number of nitro benzene ring substituents is 1. The van der Waals surface area contributed by atoms with Crippen LogP contribution in [-0.2, 0) is 0 Å². The number of pyridine rings is 1. The average molecular weight is 276 g/mol. The summed E-state index contributed by atoms with van der Waals surface area (Å²) in [5.74, 6) is 0. The summed E-state index contributed by atoms with van der Waals surface area (Å²) in [6.45, 7) is 0. The largest absolute Gasteiger partial charge is 0.619 e. The molecule has 0 fully saturated rings. The van der Waals surface area contributed by atoms with Crippen molar-refractivity contribution in [2.24, 2.45) is 0 Å². The zero-order valence-electron chi connectivity index (χ0n) is 9.92. The summed E-state index contributed by atoms with van der Waals surface area (Å²) in [7, 11) is 0. The van der Waals surface area contributed by atoms with E-state index in [1.165, 1.54) is 24.3 Å². The van der Waals surface area contributed by atoms with E-state index >= 15 is 0 Å². The lowest BCUT2D eigenvalue weighted by atomic mass is 10.2. The fraction of sp³-hybridized carbons (Fsp3) is 0. The third kappa shape index (κ3) is 2.77. The van der Waals surface area contributed by atoms with E-state index in [1.807, 2.05) is 0 Å². The SMILES string of the molecule is O=[N+]([O-])c1ccc(Nc2c[n+]([O-])ccc2[N+](=O)[O-])cc1. The fourth-order valence-electron chi connectivity index (χ4n) is 1.55. The summed E-state index contributed by atoms with van der Waals surface area (Å²) in [5, 5.41) is 35.2. The zero-order chi connectivity index (χ0) is 14.7. The van der Waals surface area contributed by atoms with Crippen LogP contribution in [0.1, 0.15) is 0 Å². The van der Waals surface area contributed by atoms with Crippen LogP contribution in [-0.4, -0.2) is 9.85 Å². The van der Waals surface area contributed by atoms with Crippen LogP contribution in [0.25, 0.3) is 0 Å². The Morgan fingerprint density at radius 3 is 2.20 bits per heavy atom. The van der Waals surface area contributed by atoms with Crippen molar-refractivity contribution in [1.82, 2.24) is 0 Å². The van der Waals surface area contributed by atoms with Gasteiger partial charge in [-0.05, 0) is 12.1 Å². The van der Waals surface area contributed by atoms with Crippen molar-refractivity contribution < 1.29 is 14.6 Å². The molecule has 0 atom stereocenters.